The zero-order valence-corrected chi connectivity index (χ0v) is 8.84. The lowest BCUT2D eigenvalue weighted by molar-refractivity contribution is 0.112. The van der Waals surface area contributed by atoms with E-state index in [9.17, 15) is 9.18 Å². The lowest BCUT2D eigenvalue weighted by atomic mass is 10.1. The molecule has 0 N–H and O–H groups in total. The first-order chi connectivity index (χ1) is 7.20. The Kier molecular flexibility index (Phi) is 2.60. The molecule has 15 heavy (non-hydrogen) atoms. The topological polar surface area (TPSA) is 30.0 Å². The molecule has 0 saturated carbocycles. The van der Waals surface area contributed by atoms with Crippen LogP contribution in [0.15, 0.2) is 23.6 Å². The van der Waals surface area contributed by atoms with E-state index in [0.717, 1.165) is 5.01 Å². The molecular formula is C11H8FNOS. The first kappa shape index (κ1) is 9.98. The van der Waals surface area contributed by atoms with Gasteiger partial charge in [-0.2, -0.15) is 0 Å². The van der Waals surface area contributed by atoms with Gasteiger partial charge in [-0.05, 0) is 19.1 Å². The summed E-state index contributed by atoms with van der Waals surface area (Å²) >= 11 is 1.47. The molecule has 0 spiro atoms. The van der Waals surface area contributed by atoms with Crippen molar-refractivity contribution in [1.82, 2.24) is 4.98 Å². The van der Waals surface area contributed by atoms with Crippen LogP contribution < -0.4 is 0 Å². The Morgan fingerprint density at radius 3 is 2.80 bits per heavy atom. The molecule has 1 heterocycles. The van der Waals surface area contributed by atoms with E-state index in [1.165, 1.54) is 17.4 Å². The number of halogens is 1. The largest absolute Gasteiger partial charge is 0.298 e. The first-order valence-electron chi connectivity index (χ1n) is 4.38. The lowest BCUT2D eigenvalue weighted by Gasteiger charge is -1.99. The van der Waals surface area contributed by atoms with Gasteiger partial charge in [-0.25, -0.2) is 9.37 Å². The second-order valence-electron chi connectivity index (χ2n) is 3.11. The highest BCUT2D eigenvalue weighted by Gasteiger charge is 2.08. The van der Waals surface area contributed by atoms with Crippen LogP contribution >= 0.6 is 11.3 Å². The Balaban J connectivity index is 2.49. The maximum atomic E-state index is 13.5. The standard InChI is InChI=1S/C11H8FNOS/c1-7-13-11(6-15-7)9-3-2-8(5-14)4-10(9)12/h2-6H,1H3. The predicted octanol–water partition coefficient (Wildman–Crippen LogP) is 3.07. The molecule has 2 nitrogen and oxygen atoms in total. The van der Waals surface area contributed by atoms with E-state index < -0.39 is 5.82 Å². The fourth-order valence-electron chi connectivity index (χ4n) is 1.30. The summed E-state index contributed by atoms with van der Waals surface area (Å²) < 4.78 is 13.5. The number of aromatic nitrogens is 1. The molecule has 0 amide bonds. The van der Waals surface area contributed by atoms with Gasteiger partial charge >= 0.3 is 0 Å². The Hall–Kier alpha value is -1.55. The highest BCUT2D eigenvalue weighted by atomic mass is 32.1. The van der Waals surface area contributed by atoms with Crippen LogP contribution in [0.1, 0.15) is 15.4 Å². The van der Waals surface area contributed by atoms with Crippen molar-refractivity contribution in [3.8, 4) is 11.3 Å². The van der Waals surface area contributed by atoms with Crippen molar-refractivity contribution < 1.29 is 9.18 Å². The van der Waals surface area contributed by atoms with Crippen LogP contribution in [0.3, 0.4) is 0 Å². The molecule has 0 unspecified atom stereocenters. The number of aryl methyl sites for hydroxylation is 1. The summed E-state index contributed by atoms with van der Waals surface area (Å²) in [7, 11) is 0. The zero-order valence-electron chi connectivity index (χ0n) is 8.03. The third-order valence-corrected chi connectivity index (χ3v) is 2.80. The summed E-state index contributed by atoms with van der Waals surface area (Å²) in [5.74, 6) is -0.412. The SMILES string of the molecule is Cc1nc(-c2ccc(C=O)cc2F)cs1. The third-order valence-electron chi connectivity index (χ3n) is 2.02. The van der Waals surface area contributed by atoms with Crippen LogP contribution in [-0.4, -0.2) is 11.3 Å². The van der Waals surface area contributed by atoms with Crippen molar-refractivity contribution in [2.75, 3.05) is 0 Å². The molecule has 1 aromatic carbocycles. The second kappa shape index (κ2) is 3.90. The Morgan fingerprint density at radius 2 is 2.27 bits per heavy atom. The first-order valence-corrected chi connectivity index (χ1v) is 5.26. The summed E-state index contributed by atoms with van der Waals surface area (Å²) in [4.78, 5) is 14.6. The molecule has 0 atom stereocenters. The van der Waals surface area contributed by atoms with Crippen molar-refractivity contribution in [2.45, 2.75) is 6.92 Å². The molecule has 1 aromatic heterocycles. The number of nitrogens with zero attached hydrogens (tertiary/aromatic N) is 1. The van der Waals surface area contributed by atoms with Gasteiger partial charge in [-0.15, -0.1) is 11.3 Å². The van der Waals surface area contributed by atoms with E-state index in [0.29, 0.717) is 23.1 Å². The Labute approximate surface area is 90.4 Å². The number of hydrogen-bond acceptors (Lipinski definition) is 3. The number of benzene rings is 1. The van der Waals surface area contributed by atoms with Crippen molar-refractivity contribution in [2.24, 2.45) is 0 Å². The number of carbonyl (C=O) groups is 1. The van der Waals surface area contributed by atoms with Gasteiger partial charge < -0.3 is 0 Å². The summed E-state index contributed by atoms with van der Waals surface area (Å²) in [6.45, 7) is 1.87. The normalized spacial score (nSPS) is 10.3. The van der Waals surface area contributed by atoms with Gasteiger partial charge in [0.15, 0.2) is 0 Å². The van der Waals surface area contributed by atoms with Crippen molar-refractivity contribution in [1.29, 1.82) is 0 Å². The number of hydrogen-bond donors (Lipinski definition) is 0. The molecular weight excluding hydrogens is 213 g/mol. The van der Waals surface area contributed by atoms with Gasteiger partial charge in [0.05, 0.1) is 10.7 Å². The van der Waals surface area contributed by atoms with Gasteiger partial charge in [0.2, 0.25) is 0 Å². The molecule has 76 valence electrons. The highest BCUT2D eigenvalue weighted by Crippen LogP contribution is 2.24. The van der Waals surface area contributed by atoms with E-state index in [-0.39, 0.29) is 0 Å². The fourth-order valence-corrected chi connectivity index (χ4v) is 1.91. The molecule has 0 radical (unpaired) electrons. The number of aldehydes is 1. The number of thiazole rings is 1. The third kappa shape index (κ3) is 1.94. The molecule has 0 fully saturated rings. The van der Waals surface area contributed by atoms with E-state index in [4.69, 9.17) is 0 Å². The minimum Gasteiger partial charge on any atom is -0.298 e. The van der Waals surface area contributed by atoms with Crippen LogP contribution in [0.25, 0.3) is 11.3 Å². The zero-order chi connectivity index (χ0) is 10.8. The quantitative estimate of drug-likeness (QED) is 0.729. The average molecular weight is 221 g/mol. The van der Waals surface area contributed by atoms with Crippen LogP contribution in [0.5, 0.6) is 0 Å². The van der Waals surface area contributed by atoms with Gasteiger partial charge in [0.25, 0.3) is 0 Å². The highest BCUT2D eigenvalue weighted by molar-refractivity contribution is 7.09. The number of carbonyl (C=O) groups excluding carboxylic acids is 1. The Bertz CT molecular complexity index is 507. The monoisotopic (exact) mass is 221 g/mol. The van der Waals surface area contributed by atoms with Crippen LogP contribution in [0, 0.1) is 12.7 Å². The lowest BCUT2D eigenvalue weighted by Crippen LogP contribution is -1.88. The maximum Gasteiger partial charge on any atom is 0.150 e. The fraction of sp³-hybridized carbons (Fsp3) is 0.0909. The van der Waals surface area contributed by atoms with E-state index >= 15 is 0 Å². The van der Waals surface area contributed by atoms with Gasteiger partial charge in [-0.1, -0.05) is 6.07 Å². The van der Waals surface area contributed by atoms with Crippen LogP contribution in [0.4, 0.5) is 4.39 Å². The second-order valence-corrected chi connectivity index (χ2v) is 4.17. The molecule has 0 bridgehead atoms. The van der Waals surface area contributed by atoms with Crippen molar-refractivity contribution in [3.05, 3.63) is 40.0 Å². The smallest absolute Gasteiger partial charge is 0.150 e. The summed E-state index contributed by atoms with van der Waals surface area (Å²) in [5.41, 5.74) is 1.39. The Morgan fingerprint density at radius 1 is 1.47 bits per heavy atom. The predicted molar refractivity (Wildman–Crippen MR) is 57.6 cm³/mol. The van der Waals surface area contributed by atoms with Crippen LogP contribution in [0.2, 0.25) is 0 Å². The minimum atomic E-state index is -0.412. The van der Waals surface area contributed by atoms with E-state index in [1.807, 2.05) is 6.92 Å². The molecule has 0 saturated heterocycles. The number of rotatable bonds is 2. The van der Waals surface area contributed by atoms with Crippen molar-refractivity contribution >= 4 is 17.6 Å². The van der Waals surface area contributed by atoms with Crippen LogP contribution in [-0.2, 0) is 0 Å². The minimum absolute atomic E-state index is 0.336. The molecule has 2 aromatic rings. The van der Waals surface area contributed by atoms with Gasteiger partial charge in [-0.3, -0.25) is 4.79 Å². The summed E-state index contributed by atoms with van der Waals surface area (Å²) in [6.07, 6.45) is 0.624. The maximum absolute atomic E-state index is 13.5. The molecule has 0 aliphatic rings. The average Bonchev–Trinajstić information content (AvgIpc) is 2.64. The summed E-state index contributed by atoms with van der Waals surface area (Å²) in [6, 6.07) is 4.38. The van der Waals surface area contributed by atoms with E-state index in [2.05, 4.69) is 4.98 Å². The van der Waals surface area contributed by atoms with E-state index in [1.54, 1.807) is 17.5 Å². The molecule has 0 aliphatic heterocycles. The summed E-state index contributed by atoms with van der Waals surface area (Å²) in [5, 5.41) is 2.69. The molecule has 0 aliphatic carbocycles. The van der Waals surface area contributed by atoms with Gasteiger partial charge in [0.1, 0.15) is 12.1 Å². The van der Waals surface area contributed by atoms with Crippen molar-refractivity contribution in [3.63, 3.8) is 0 Å². The molecule has 2 rings (SSSR count). The van der Waals surface area contributed by atoms with Gasteiger partial charge in [0, 0.05) is 16.5 Å². The molecule has 4 heteroatoms.